The number of thiophene rings is 1. The Labute approximate surface area is 148 Å². The van der Waals surface area contributed by atoms with Gasteiger partial charge in [-0.2, -0.15) is 0 Å². The maximum atomic E-state index is 12.4. The second-order valence-corrected chi connectivity index (χ2v) is 6.16. The van der Waals surface area contributed by atoms with Crippen LogP contribution in [0, 0.1) is 10.1 Å². The molecule has 1 aromatic carbocycles. The molecule has 0 saturated heterocycles. The van der Waals surface area contributed by atoms with Crippen LogP contribution < -0.4 is 10.6 Å². The van der Waals surface area contributed by atoms with Crippen LogP contribution in [-0.4, -0.2) is 22.4 Å². The van der Waals surface area contributed by atoms with Crippen molar-refractivity contribution < 1.29 is 9.72 Å². The van der Waals surface area contributed by atoms with Crippen molar-refractivity contribution in [3.63, 3.8) is 0 Å². The highest BCUT2D eigenvalue weighted by molar-refractivity contribution is 7.12. The zero-order valence-electron chi connectivity index (χ0n) is 13.4. The molecule has 25 heavy (non-hydrogen) atoms. The van der Waals surface area contributed by atoms with Gasteiger partial charge < -0.3 is 15.2 Å². The molecule has 8 heteroatoms. The van der Waals surface area contributed by atoms with Crippen LogP contribution in [-0.2, 0) is 6.54 Å². The molecular weight excluding hydrogens is 340 g/mol. The fourth-order valence-electron chi connectivity index (χ4n) is 2.47. The number of aromatic nitrogens is 1. The van der Waals surface area contributed by atoms with E-state index < -0.39 is 4.92 Å². The van der Waals surface area contributed by atoms with Gasteiger partial charge in [0.2, 0.25) is 0 Å². The third-order valence-electron chi connectivity index (χ3n) is 3.73. The van der Waals surface area contributed by atoms with Gasteiger partial charge in [0.15, 0.2) is 0 Å². The molecule has 0 bridgehead atoms. The molecule has 0 radical (unpaired) electrons. The van der Waals surface area contributed by atoms with Gasteiger partial charge in [-0.15, -0.1) is 11.3 Å². The van der Waals surface area contributed by atoms with Crippen LogP contribution in [0.25, 0.3) is 5.00 Å². The van der Waals surface area contributed by atoms with E-state index >= 15 is 0 Å². The number of hydrogen-bond acceptors (Lipinski definition) is 5. The van der Waals surface area contributed by atoms with E-state index in [2.05, 4.69) is 10.6 Å². The third kappa shape index (κ3) is 3.53. The number of nitro benzene ring substituents is 1. The van der Waals surface area contributed by atoms with Crippen molar-refractivity contribution in [1.29, 1.82) is 0 Å². The van der Waals surface area contributed by atoms with Gasteiger partial charge in [-0.1, -0.05) is 0 Å². The molecule has 2 N–H and O–H groups in total. The number of benzene rings is 1. The topological polar surface area (TPSA) is 89.2 Å². The predicted molar refractivity (Wildman–Crippen MR) is 97.5 cm³/mol. The summed E-state index contributed by atoms with van der Waals surface area (Å²) < 4.78 is 1.98. The average molecular weight is 356 g/mol. The Kier molecular flexibility index (Phi) is 4.80. The quantitative estimate of drug-likeness (QED) is 0.523. The van der Waals surface area contributed by atoms with Gasteiger partial charge >= 0.3 is 0 Å². The molecular formula is C17H16N4O3S. The molecule has 0 atom stereocenters. The van der Waals surface area contributed by atoms with Crippen molar-refractivity contribution in [2.75, 3.05) is 12.4 Å². The van der Waals surface area contributed by atoms with Crippen molar-refractivity contribution in [2.45, 2.75) is 6.54 Å². The molecule has 0 aliphatic rings. The molecule has 7 nitrogen and oxygen atoms in total. The summed E-state index contributed by atoms with van der Waals surface area (Å²) in [6.07, 6.45) is 3.88. The van der Waals surface area contributed by atoms with Crippen LogP contribution in [0.4, 0.5) is 11.4 Å². The first-order chi connectivity index (χ1) is 12.1. The van der Waals surface area contributed by atoms with E-state index in [4.69, 9.17) is 0 Å². The first-order valence-corrected chi connectivity index (χ1v) is 8.42. The van der Waals surface area contributed by atoms with Crippen LogP contribution >= 0.6 is 11.3 Å². The Balaban J connectivity index is 1.75. The van der Waals surface area contributed by atoms with Crippen LogP contribution in [0.2, 0.25) is 0 Å². The predicted octanol–water partition coefficient (Wildman–Crippen LogP) is 3.42. The monoisotopic (exact) mass is 356 g/mol. The van der Waals surface area contributed by atoms with E-state index in [0.29, 0.717) is 12.2 Å². The molecule has 3 rings (SSSR count). The van der Waals surface area contributed by atoms with Gasteiger partial charge in [-0.05, 0) is 35.7 Å². The van der Waals surface area contributed by atoms with Crippen molar-refractivity contribution in [3.8, 4) is 5.00 Å². The van der Waals surface area contributed by atoms with E-state index in [0.717, 1.165) is 10.6 Å². The summed E-state index contributed by atoms with van der Waals surface area (Å²) in [5.41, 5.74) is 1.48. The Hall–Kier alpha value is -3.13. The van der Waals surface area contributed by atoms with Crippen LogP contribution in [0.15, 0.2) is 54.2 Å². The number of nitro groups is 1. The van der Waals surface area contributed by atoms with Gasteiger partial charge in [0.05, 0.1) is 4.92 Å². The second kappa shape index (κ2) is 7.18. The Morgan fingerprint density at radius 3 is 2.72 bits per heavy atom. The fourth-order valence-corrected chi connectivity index (χ4v) is 3.37. The summed E-state index contributed by atoms with van der Waals surface area (Å²) >= 11 is 1.58. The minimum Gasteiger partial charge on any atom is -0.383 e. The number of rotatable bonds is 6. The molecule has 2 aromatic heterocycles. The molecule has 0 aliphatic carbocycles. The summed E-state index contributed by atoms with van der Waals surface area (Å²) in [4.78, 5) is 23.0. The minimum absolute atomic E-state index is 0.126. The standard InChI is InChI=1S/C17H16N4O3S/c1-18-14-5-4-12(10-15(14)21(23)24)16(22)19-11-13-6-9-25-17(13)20-7-2-3-8-20/h2-10,18H,11H2,1H3,(H,19,22). The van der Waals surface area contributed by atoms with Crippen molar-refractivity contribution in [1.82, 2.24) is 9.88 Å². The fraction of sp³-hybridized carbons (Fsp3) is 0.118. The van der Waals surface area contributed by atoms with Gasteiger partial charge in [-0.25, -0.2) is 0 Å². The van der Waals surface area contributed by atoms with Crippen molar-refractivity contribution in [2.24, 2.45) is 0 Å². The molecule has 2 heterocycles. The lowest BCUT2D eigenvalue weighted by Crippen LogP contribution is -2.23. The maximum Gasteiger partial charge on any atom is 0.293 e. The number of nitrogens with zero attached hydrogens (tertiary/aromatic N) is 2. The third-order valence-corrected chi connectivity index (χ3v) is 4.70. The summed E-state index contributed by atoms with van der Waals surface area (Å²) in [7, 11) is 1.60. The summed E-state index contributed by atoms with van der Waals surface area (Å²) in [6.45, 7) is 0.345. The van der Waals surface area contributed by atoms with E-state index in [9.17, 15) is 14.9 Å². The van der Waals surface area contributed by atoms with Crippen molar-refractivity contribution in [3.05, 3.63) is 75.4 Å². The van der Waals surface area contributed by atoms with Crippen molar-refractivity contribution >= 4 is 28.6 Å². The smallest absolute Gasteiger partial charge is 0.293 e. The molecule has 0 fully saturated rings. The molecule has 0 saturated carbocycles. The number of anilines is 1. The molecule has 0 aliphatic heterocycles. The largest absolute Gasteiger partial charge is 0.383 e. The van der Waals surface area contributed by atoms with Gasteiger partial charge in [0, 0.05) is 43.2 Å². The first-order valence-electron chi connectivity index (χ1n) is 7.54. The normalized spacial score (nSPS) is 10.4. The minimum atomic E-state index is -0.508. The molecule has 3 aromatic rings. The second-order valence-electron chi connectivity index (χ2n) is 5.26. The number of nitrogens with one attached hydrogen (secondary N) is 2. The summed E-state index contributed by atoms with van der Waals surface area (Å²) in [5, 5.41) is 19.7. The number of amides is 1. The maximum absolute atomic E-state index is 12.4. The SMILES string of the molecule is CNc1ccc(C(=O)NCc2ccsc2-n2cccc2)cc1[N+](=O)[O-]. The summed E-state index contributed by atoms with van der Waals surface area (Å²) in [5.74, 6) is -0.351. The van der Waals surface area contributed by atoms with Crippen LogP contribution in [0.3, 0.4) is 0 Å². The van der Waals surface area contributed by atoms with Gasteiger partial charge in [0.1, 0.15) is 10.7 Å². The molecule has 128 valence electrons. The highest BCUT2D eigenvalue weighted by Gasteiger charge is 2.17. The average Bonchev–Trinajstić information content (AvgIpc) is 3.29. The number of carbonyl (C=O) groups excluding carboxylic acids is 1. The first kappa shape index (κ1) is 16.7. The number of hydrogen-bond donors (Lipinski definition) is 2. The van der Waals surface area contributed by atoms with Crippen LogP contribution in [0.1, 0.15) is 15.9 Å². The molecule has 1 amide bonds. The summed E-state index contributed by atoms with van der Waals surface area (Å²) in [6, 6.07) is 10.2. The van der Waals surface area contributed by atoms with Gasteiger partial charge in [-0.3, -0.25) is 14.9 Å². The molecule has 0 unspecified atom stereocenters. The lowest BCUT2D eigenvalue weighted by molar-refractivity contribution is -0.384. The zero-order valence-corrected chi connectivity index (χ0v) is 14.2. The highest BCUT2D eigenvalue weighted by Crippen LogP contribution is 2.25. The molecule has 0 spiro atoms. The van der Waals surface area contributed by atoms with Crippen LogP contribution in [0.5, 0.6) is 0 Å². The Bertz CT molecular complexity index is 903. The van der Waals surface area contributed by atoms with E-state index in [1.54, 1.807) is 24.5 Å². The zero-order chi connectivity index (χ0) is 17.8. The lowest BCUT2D eigenvalue weighted by Gasteiger charge is -2.08. The van der Waals surface area contributed by atoms with E-state index in [1.165, 1.54) is 12.1 Å². The van der Waals surface area contributed by atoms with Gasteiger partial charge in [0.25, 0.3) is 11.6 Å². The number of carbonyl (C=O) groups is 1. The Morgan fingerprint density at radius 2 is 2.04 bits per heavy atom. The van der Waals surface area contributed by atoms with E-state index in [1.807, 2.05) is 40.5 Å². The lowest BCUT2D eigenvalue weighted by atomic mass is 10.1. The highest BCUT2D eigenvalue weighted by atomic mass is 32.1. The van der Waals surface area contributed by atoms with E-state index in [-0.39, 0.29) is 17.2 Å². The Morgan fingerprint density at radius 1 is 1.28 bits per heavy atom.